The van der Waals surface area contributed by atoms with Gasteiger partial charge in [0.25, 0.3) is 0 Å². The maximum absolute atomic E-state index is 5.58. The number of ether oxygens (including phenoxy) is 1. The van der Waals surface area contributed by atoms with Crippen molar-refractivity contribution in [2.75, 3.05) is 6.61 Å². The second kappa shape index (κ2) is 8.38. The summed E-state index contributed by atoms with van der Waals surface area (Å²) in [6, 6.07) is 9.92. The van der Waals surface area contributed by atoms with E-state index in [4.69, 9.17) is 4.74 Å². The molecule has 1 heteroatoms. The van der Waals surface area contributed by atoms with E-state index in [9.17, 15) is 0 Å². The zero-order valence-electron chi connectivity index (χ0n) is 10.1. The van der Waals surface area contributed by atoms with Gasteiger partial charge in [0, 0.05) is 5.56 Å². The molecule has 0 bridgehead atoms. The molecular formula is C16H18O. The number of rotatable bonds is 6. The van der Waals surface area contributed by atoms with E-state index in [1.807, 2.05) is 36.4 Å². The SMILES string of the molecule is C=CCC[C@H](C#Cc1ccccc1)OCC=C. The summed E-state index contributed by atoms with van der Waals surface area (Å²) in [5.41, 5.74) is 1.01. The van der Waals surface area contributed by atoms with Crippen molar-refractivity contribution >= 4 is 0 Å². The summed E-state index contributed by atoms with van der Waals surface area (Å²) < 4.78 is 5.58. The Balaban J connectivity index is 2.61. The highest BCUT2D eigenvalue weighted by Gasteiger charge is 2.02. The maximum Gasteiger partial charge on any atom is 0.119 e. The quantitative estimate of drug-likeness (QED) is 0.532. The topological polar surface area (TPSA) is 9.23 Å². The number of allylic oxidation sites excluding steroid dienone is 1. The van der Waals surface area contributed by atoms with Crippen molar-refractivity contribution in [3.63, 3.8) is 0 Å². The summed E-state index contributed by atoms with van der Waals surface area (Å²) >= 11 is 0. The Morgan fingerprint density at radius 3 is 2.59 bits per heavy atom. The van der Waals surface area contributed by atoms with Crippen LogP contribution in [0.1, 0.15) is 18.4 Å². The average Bonchev–Trinajstić information content (AvgIpc) is 2.39. The largest absolute Gasteiger partial charge is 0.361 e. The molecule has 0 saturated heterocycles. The molecule has 1 rings (SSSR count). The Hall–Kier alpha value is -1.78. The molecule has 0 aliphatic heterocycles. The van der Waals surface area contributed by atoms with E-state index in [1.54, 1.807) is 6.08 Å². The van der Waals surface area contributed by atoms with Crippen LogP contribution in [0.15, 0.2) is 55.6 Å². The molecule has 0 radical (unpaired) electrons. The zero-order valence-corrected chi connectivity index (χ0v) is 10.1. The van der Waals surface area contributed by atoms with Crippen LogP contribution in [0.5, 0.6) is 0 Å². The molecule has 17 heavy (non-hydrogen) atoms. The van der Waals surface area contributed by atoms with Gasteiger partial charge in [0.05, 0.1) is 6.61 Å². The Labute approximate surface area is 104 Å². The van der Waals surface area contributed by atoms with Gasteiger partial charge >= 0.3 is 0 Å². The second-order valence-corrected chi connectivity index (χ2v) is 3.61. The van der Waals surface area contributed by atoms with Gasteiger partial charge in [0.15, 0.2) is 0 Å². The van der Waals surface area contributed by atoms with Crippen molar-refractivity contribution < 1.29 is 4.74 Å². The first kappa shape index (κ1) is 13.3. The number of hydrogen-bond acceptors (Lipinski definition) is 1. The van der Waals surface area contributed by atoms with E-state index in [0.29, 0.717) is 6.61 Å². The lowest BCUT2D eigenvalue weighted by atomic mass is 10.1. The number of hydrogen-bond donors (Lipinski definition) is 0. The smallest absolute Gasteiger partial charge is 0.119 e. The fourth-order valence-electron chi connectivity index (χ4n) is 1.34. The second-order valence-electron chi connectivity index (χ2n) is 3.61. The van der Waals surface area contributed by atoms with Gasteiger partial charge in [0.2, 0.25) is 0 Å². The molecule has 1 aromatic carbocycles. The highest BCUT2D eigenvalue weighted by atomic mass is 16.5. The third-order valence-electron chi connectivity index (χ3n) is 2.20. The predicted molar refractivity (Wildman–Crippen MR) is 72.7 cm³/mol. The fourth-order valence-corrected chi connectivity index (χ4v) is 1.34. The van der Waals surface area contributed by atoms with Crippen molar-refractivity contribution in [2.24, 2.45) is 0 Å². The molecule has 0 aliphatic rings. The molecule has 1 nitrogen and oxygen atoms in total. The lowest BCUT2D eigenvalue weighted by Gasteiger charge is -2.08. The van der Waals surface area contributed by atoms with Crippen LogP contribution in [-0.2, 0) is 4.74 Å². The van der Waals surface area contributed by atoms with Crippen molar-refractivity contribution in [1.82, 2.24) is 0 Å². The van der Waals surface area contributed by atoms with Crippen LogP contribution in [0.25, 0.3) is 0 Å². The van der Waals surface area contributed by atoms with Crippen LogP contribution >= 0.6 is 0 Å². The summed E-state index contributed by atoms with van der Waals surface area (Å²) in [6.45, 7) is 7.88. The van der Waals surface area contributed by atoms with Crippen molar-refractivity contribution in [1.29, 1.82) is 0 Å². The first-order valence-corrected chi connectivity index (χ1v) is 5.76. The highest BCUT2D eigenvalue weighted by molar-refractivity contribution is 5.34. The molecular weight excluding hydrogens is 208 g/mol. The number of benzene rings is 1. The molecule has 1 atom stereocenters. The van der Waals surface area contributed by atoms with Crippen LogP contribution in [-0.4, -0.2) is 12.7 Å². The van der Waals surface area contributed by atoms with E-state index in [-0.39, 0.29) is 6.10 Å². The molecule has 0 heterocycles. The third kappa shape index (κ3) is 5.75. The van der Waals surface area contributed by atoms with Crippen molar-refractivity contribution in [3.05, 3.63) is 61.2 Å². The van der Waals surface area contributed by atoms with E-state index < -0.39 is 0 Å². The van der Waals surface area contributed by atoms with Gasteiger partial charge in [0.1, 0.15) is 6.10 Å². The molecule has 0 amide bonds. The zero-order chi connectivity index (χ0) is 12.3. The summed E-state index contributed by atoms with van der Waals surface area (Å²) in [7, 11) is 0. The summed E-state index contributed by atoms with van der Waals surface area (Å²) in [5.74, 6) is 6.26. The Kier molecular flexibility index (Phi) is 6.55. The minimum Gasteiger partial charge on any atom is -0.361 e. The minimum absolute atomic E-state index is 0.0498. The van der Waals surface area contributed by atoms with E-state index in [0.717, 1.165) is 18.4 Å². The molecule has 1 aromatic rings. The molecule has 0 saturated carbocycles. The van der Waals surface area contributed by atoms with Gasteiger partial charge in [-0.25, -0.2) is 0 Å². The third-order valence-corrected chi connectivity index (χ3v) is 2.20. The predicted octanol–water partition coefficient (Wildman–Crippen LogP) is 3.58. The molecule has 0 aromatic heterocycles. The summed E-state index contributed by atoms with van der Waals surface area (Å²) in [4.78, 5) is 0. The molecule has 0 spiro atoms. The van der Waals surface area contributed by atoms with Gasteiger partial charge in [-0.05, 0) is 25.0 Å². The van der Waals surface area contributed by atoms with Crippen molar-refractivity contribution in [2.45, 2.75) is 18.9 Å². The van der Waals surface area contributed by atoms with Gasteiger partial charge < -0.3 is 4.74 Å². The molecule has 0 N–H and O–H groups in total. The van der Waals surface area contributed by atoms with Crippen LogP contribution < -0.4 is 0 Å². The lowest BCUT2D eigenvalue weighted by Crippen LogP contribution is -2.10. The van der Waals surface area contributed by atoms with E-state index in [1.165, 1.54) is 0 Å². The monoisotopic (exact) mass is 226 g/mol. The summed E-state index contributed by atoms with van der Waals surface area (Å²) in [6.07, 6.45) is 5.35. The van der Waals surface area contributed by atoms with Crippen molar-refractivity contribution in [3.8, 4) is 11.8 Å². The van der Waals surface area contributed by atoms with Gasteiger partial charge in [-0.15, -0.1) is 13.2 Å². The van der Waals surface area contributed by atoms with Crippen LogP contribution in [0, 0.1) is 11.8 Å². The normalized spacial score (nSPS) is 11.1. The highest BCUT2D eigenvalue weighted by Crippen LogP contribution is 2.03. The van der Waals surface area contributed by atoms with Crippen LogP contribution in [0.2, 0.25) is 0 Å². The first-order valence-electron chi connectivity index (χ1n) is 5.76. The Bertz CT molecular complexity index is 383. The Morgan fingerprint density at radius 1 is 1.18 bits per heavy atom. The minimum atomic E-state index is -0.0498. The van der Waals surface area contributed by atoms with E-state index >= 15 is 0 Å². The molecule has 0 aliphatic carbocycles. The first-order chi connectivity index (χ1) is 8.36. The average molecular weight is 226 g/mol. The van der Waals surface area contributed by atoms with Gasteiger partial charge in [-0.3, -0.25) is 0 Å². The molecule has 0 fully saturated rings. The van der Waals surface area contributed by atoms with Crippen LogP contribution in [0.3, 0.4) is 0 Å². The standard InChI is InChI=1S/C16H18O/c1-3-5-11-16(17-14-4-2)13-12-15-9-7-6-8-10-15/h3-4,6-10,16H,1-2,5,11,14H2/t16-/m1/s1. The van der Waals surface area contributed by atoms with Gasteiger partial charge in [-0.1, -0.05) is 42.2 Å². The van der Waals surface area contributed by atoms with Crippen LogP contribution in [0.4, 0.5) is 0 Å². The molecule has 88 valence electrons. The van der Waals surface area contributed by atoms with E-state index in [2.05, 4.69) is 25.0 Å². The lowest BCUT2D eigenvalue weighted by molar-refractivity contribution is 0.110. The molecule has 0 unspecified atom stereocenters. The van der Waals surface area contributed by atoms with Gasteiger partial charge in [-0.2, -0.15) is 0 Å². The summed E-state index contributed by atoms with van der Waals surface area (Å²) in [5, 5.41) is 0. The maximum atomic E-state index is 5.58. The fraction of sp³-hybridized carbons (Fsp3) is 0.250. The Morgan fingerprint density at radius 2 is 1.94 bits per heavy atom.